The van der Waals surface area contributed by atoms with Crippen LogP contribution in [0.25, 0.3) is 0 Å². The van der Waals surface area contributed by atoms with E-state index in [1.54, 1.807) is 6.20 Å². The number of carbonyl (C=O) groups excluding carboxylic acids is 1. The first kappa shape index (κ1) is 13.1. The molecule has 2 fully saturated rings. The summed E-state index contributed by atoms with van der Waals surface area (Å²) in [5.41, 5.74) is 1.53. The van der Waals surface area contributed by atoms with Crippen molar-refractivity contribution in [3.05, 3.63) is 42.2 Å². The van der Waals surface area contributed by atoms with E-state index < -0.39 is 0 Å². The quantitative estimate of drug-likeness (QED) is 0.863. The first-order valence-electron chi connectivity index (χ1n) is 8.08. The van der Waals surface area contributed by atoms with Crippen molar-refractivity contribution in [2.45, 2.75) is 38.6 Å². The van der Waals surface area contributed by atoms with Crippen LogP contribution in [0.15, 0.2) is 36.5 Å². The highest BCUT2D eigenvalue weighted by molar-refractivity contribution is 5.80. The fourth-order valence-electron chi connectivity index (χ4n) is 4.50. The Kier molecular flexibility index (Phi) is 2.91. The lowest BCUT2D eigenvalue weighted by Crippen LogP contribution is -2.40. The van der Waals surface area contributed by atoms with Crippen molar-refractivity contribution in [2.75, 3.05) is 0 Å². The molecule has 1 heterocycles. The Morgan fingerprint density at radius 3 is 2.95 bits per heavy atom. The third-order valence-electron chi connectivity index (χ3n) is 5.69. The Balaban J connectivity index is 1.37. The summed E-state index contributed by atoms with van der Waals surface area (Å²) in [4.78, 5) is 16.9. The molecule has 4 rings (SSSR count). The zero-order valence-electron chi connectivity index (χ0n) is 12.5. The first-order valence-corrected chi connectivity index (χ1v) is 8.08. The molecule has 3 nitrogen and oxygen atoms in total. The number of carbonyl (C=O) groups is 1. The summed E-state index contributed by atoms with van der Waals surface area (Å²) in [5.74, 6) is 1.63. The molecule has 21 heavy (non-hydrogen) atoms. The van der Waals surface area contributed by atoms with Gasteiger partial charge in [0.25, 0.3) is 0 Å². The molecular formula is C18H22N2O. The van der Waals surface area contributed by atoms with Crippen molar-refractivity contribution in [1.29, 1.82) is 0 Å². The molecule has 0 saturated heterocycles. The number of allylic oxidation sites excluding steroid dienone is 2. The minimum absolute atomic E-state index is 0.144. The molecule has 0 aromatic carbocycles. The fourth-order valence-corrected chi connectivity index (χ4v) is 4.50. The average molecular weight is 282 g/mol. The van der Waals surface area contributed by atoms with Crippen LogP contribution in [0.5, 0.6) is 0 Å². The lowest BCUT2D eigenvalue weighted by Gasteiger charge is -2.22. The number of nitrogens with one attached hydrogen (secondary N) is 1. The van der Waals surface area contributed by atoms with Gasteiger partial charge in [0.2, 0.25) is 5.91 Å². The van der Waals surface area contributed by atoms with E-state index in [-0.39, 0.29) is 17.9 Å². The van der Waals surface area contributed by atoms with Gasteiger partial charge in [-0.2, -0.15) is 0 Å². The van der Waals surface area contributed by atoms with Crippen LogP contribution in [-0.4, -0.2) is 16.9 Å². The van der Waals surface area contributed by atoms with Crippen molar-refractivity contribution in [2.24, 2.45) is 23.2 Å². The second kappa shape index (κ2) is 4.69. The third-order valence-corrected chi connectivity index (χ3v) is 5.69. The van der Waals surface area contributed by atoms with Crippen LogP contribution in [0.4, 0.5) is 0 Å². The molecule has 2 saturated carbocycles. The van der Waals surface area contributed by atoms with Gasteiger partial charge >= 0.3 is 0 Å². The number of nitrogens with zero attached hydrogens (tertiary/aromatic N) is 1. The molecule has 0 unspecified atom stereocenters. The van der Waals surface area contributed by atoms with Gasteiger partial charge in [-0.3, -0.25) is 9.78 Å². The maximum atomic E-state index is 12.6. The van der Waals surface area contributed by atoms with Crippen LogP contribution < -0.4 is 5.32 Å². The number of amides is 1. The zero-order valence-corrected chi connectivity index (χ0v) is 12.5. The van der Waals surface area contributed by atoms with Gasteiger partial charge in [0.05, 0.1) is 0 Å². The summed E-state index contributed by atoms with van der Waals surface area (Å²) in [6.07, 6.45) is 11.0. The molecule has 1 spiro atoms. The van der Waals surface area contributed by atoms with E-state index >= 15 is 0 Å². The van der Waals surface area contributed by atoms with Gasteiger partial charge in [-0.05, 0) is 55.6 Å². The van der Waals surface area contributed by atoms with Gasteiger partial charge in [0.1, 0.15) is 0 Å². The predicted molar refractivity (Wildman–Crippen MR) is 81.4 cm³/mol. The highest BCUT2D eigenvalue weighted by Crippen LogP contribution is 2.70. The molecule has 1 aromatic heterocycles. The van der Waals surface area contributed by atoms with E-state index in [9.17, 15) is 4.79 Å². The number of hydrogen-bond acceptors (Lipinski definition) is 2. The second-order valence-corrected chi connectivity index (χ2v) is 7.03. The third kappa shape index (κ3) is 2.10. The van der Waals surface area contributed by atoms with Gasteiger partial charge in [-0.15, -0.1) is 0 Å². The van der Waals surface area contributed by atoms with Crippen molar-refractivity contribution in [1.82, 2.24) is 10.3 Å². The summed E-state index contributed by atoms with van der Waals surface area (Å²) in [6, 6.07) is 6.07. The van der Waals surface area contributed by atoms with Crippen LogP contribution in [-0.2, 0) is 11.2 Å². The van der Waals surface area contributed by atoms with E-state index in [1.807, 2.05) is 18.2 Å². The van der Waals surface area contributed by atoms with Gasteiger partial charge in [-0.1, -0.05) is 18.2 Å². The summed E-state index contributed by atoms with van der Waals surface area (Å²) in [7, 11) is 0. The molecule has 0 aliphatic heterocycles. The monoisotopic (exact) mass is 282 g/mol. The fraction of sp³-hybridized carbons (Fsp3) is 0.556. The molecule has 3 aliphatic rings. The molecule has 1 N–H and O–H groups in total. The van der Waals surface area contributed by atoms with E-state index in [2.05, 4.69) is 29.4 Å². The first-order chi connectivity index (χ1) is 10.2. The predicted octanol–water partition coefficient (Wildman–Crippen LogP) is 2.73. The lowest BCUT2D eigenvalue weighted by molar-refractivity contribution is -0.126. The second-order valence-electron chi connectivity index (χ2n) is 7.03. The minimum Gasteiger partial charge on any atom is -0.353 e. The number of pyridine rings is 1. The Bertz CT molecular complexity index is 576. The summed E-state index contributed by atoms with van der Waals surface area (Å²) >= 11 is 0. The molecular weight excluding hydrogens is 260 g/mol. The van der Waals surface area contributed by atoms with Gasteiger partial charge in [0, 0.05) is 30.3 Å². The Morgan fingerprint density at radius 2 is 2.29 bits per heavy atom. The summed E-state index contributed by atoms with van der Waals surface area (Å²) in [5, 5.41) is 3.21. The van der Waals surface area contributed by atoms with Crippen LogP contribution in [0.2, 0.25) is 0 Å². The molecule has 3 heteroatoms. The SMILES string of the molecule is C[C@@H](Cc1ccccn1)NC(=O)[C@H]1C[C@H]2C=C[C@H]1C21CC1. The number of aromatic nitrogens is 1. The highest BCUT2D eigenvalue weighted by Gasteiger charge is 2.64. The molecule has 4 atom stereocenters. The van der Waals surface area contributed by atoms with Crippen LogP contribution in [0.1, 0.15) is 31.9 Å². The smallest absolute Gasteiger partial charge is 0.223 e. The van der Waals surface area contributed by atoms with E-state index in [0.29, 0.717) is 17.3 Å². The summed E-state index contributed by atoms with van der Waals surface area (Å²) < 4.78 is 0. The van der Waals surface area contributed by atoms with Crippen LogP contribution >= 0.6 is 0 Å². The largest absolute Gasteiger partial charge is 0.353 e. The number of hydrogen-bond donors (Lipinski definition) is 1. The van der Waals surface area contributed by atoms with Crippen LogP contribution in [0, 0.1) is 23.2 Å². The lowest BCUT2D eigenvalue weighted by atomic mass is 9.88. The maximum Gasteiger partial charge on any atom is 0.223 e. The minimum atomic E-state index is 0.144. The van der Waals surface area contributed by atoms with Crippen molar-refractivity contribution < 1.29 is 4.79 Å². The maximum absolute atomic E-state index is 12.6. The van der Waals surface area contributed by atoms with E-state index in [4.69, 9.17) is 0 Å². The normalized spacial score (nSPS) is 32.3. The Morgan fingerprint density at radius 1 is 1.43 bits per heavy atom. The van der Waals surface area contributed by atoms with Gasteiger partial charge < -0.3 is 5.32 Å². The molecule has 0 radical (unpaired) electrons. The van der Waals surface area contributed by atoms with Crippen LogP contribution in [0.3, 0.4) is 0 Å². The van der Waals surface area contributed by atoms with Crippen molar-refractivity contribution in [3.63, 3.8) is 0 Å². The molecule has 110 valence electrons. The van der Waals surface area contributed by atoms with Gasteiger partial charge in [-0.25, -0.2) is 0 Å². The van der Waals surface area contributed by atoms with Gasteiger partial charge in [0.15, 0.2) is 0 Å². The zero-order chi connectivity index (χ0) is 14.4. The molecule has 1 amide bonds. The van der Waals surface area contributed by atoms with E-state index in [0.717, 1.165) is 18.5 Å². The Hall–Kier alpha value is -1.64. The average Bonchev–Trinajstić information content (AvgIpc) is 3.14. The summed E-state index contributed by atoms with van der Waals surface area (Å²) in [6.45, 7) is 2.07. The topological polar surface area (TPSA) is 42.0 Å². The Labute approximate surface area is 125 Å². The molecule has 1 aromatic rings. The standard InChI is InChI=1S/C18H22N2O/c1-12(10-14-4-2-3-9-19-14)20-17(21)15-11-13-5-6-16(15)18(13)7-8-18/h2-6,9,12-13,15-16H,7-8,10-11H2,1H3,(H,20,21)/t12-,13+,15-,16+/m0/s1. The van der Waals surface area contributed by atoms with E-state index in [1.165, 1.54) is 12.8 Å². The molecule has 3 aliphatic carbocycles. The number of rotatable bonds is 4. The highest BCUT2D eigenvalue weighted by atomic mass is 16.2. The van der Waals surface area contributed by atoms with Crippen molar-refractivity contribution in [3.8, 4) is 0 Å². The molecule has 2 bridgehead atoms. The van der Waals surface area contributed by atoms with Crippen molar-refractivity contribution >= 4 is 5.91 Å².